The molecule has 1 saturated heterocycles. The molecule has 1 aliphatic rings. The van der Waals surface area contributed by atoms with Crippen LogP contribution in [0.5, 0.6) is 11.5 Å². The Labute approximate surface area is 241 Å². The zero-order valence-corrected chi connectivity index (χ0v) is 22.8. The van der Waals surface area contributed by atoms with Crippen molar-refractivity contribution in [1.29, 1.82) is 0 Å². The molecule has 0 aliphatic carbocycles. The third kappa shape index (κ3) is 6.93. The molecule has 0 bridgehead atoms. The molecular formula is C31H31NO10. The molecule has 0 aromatic heterocycles. The summed E-state index contributed by atoms with van der Waals surface area (Å²) in [6.07, 6.45) is -0.475. The van der Waals surface area contributed by atoms with Crippen LogP contribution in [0.25, 0.3) is 0 Å². The third-order valence-electron chi connectivity index (χ3n) is 7.12. The van der Waals surface area contributed by atoms with Crippen LogP contribution in [0.1, 0.15) is 30.4 Å². The van der Waals surface area contributed by atoms with Crippen molar-refractivity contribution < 1.29 is 48.7 Å². The topological polar surface area (TPSA) is 160 Å². The fourth-order valence-corrected chi connectivity index (χ4v) is 4.93. The van der Waals surface area contributed by atoms with Crippen molar-refractivity contribution >= 4 is 23.8 Å². The highest BCUT2D eigenvalue weighted by atomic mass is 16.8. The number of amides is 1. The number of hydrogen-bond acceptors (Lipinski definition) is 7. The summed E-state index contributed by atoms with van der Waals surface area (Å²) >= 11 is 0. The second kappa shape index (κ2) is 13.3. The SMILES string of the molecule is C[C@H]([C@H](CCc1ccccc1)c1ccc(Oc2ccccc2)cc1)N(CC(=O)O)C(=O)[C@@H]1COC(C(=O)O)(C(=O)O)O1. The van der Waals surface area contributed by atoms with Crippen LogP contribution in [0, 0.1) is 0 Å². The maximum atomic E-state index is 13.6. The van der Waals surface area contributed by atoms with Gasteiger partial charge in [-0.3, -0.25) is 9.59 Å². The van der Waals surface area contributed by atoms with Gasteiger partial charge in [-0.2, -0.15) is 0 Å². The van der Waals surface area contributed by atoms with E-state index in [0.29, 0.717) is 24.3 Å². The maximum absolute atomic E-state index is 13.6. The predicted octanol–water partition coefficient (Wildman–Crippen LogP) is 3.78. The van der Waals surface area contributed by atoms with Gasteiger partial charge in [0.25, 0.3) is 5.91 Å². The molecule has 3 N–H and O–H groups in total. The number of rotatable bonds is 13. The largest absolute Gasteiger partial charge is 0.480 e. The number of hydrogen-bond donors (Lipinski definition) is 3. The highest BCUT2D eigenvalue weighted by molar-refractivity contribution is 6.01. The van der Waals surface area contributed by atoms with Gasteiger partial charge < -0.3 is 34.4 Å². The van der Waals surface area contributed by atoms with E-state index in [9.17, 15) is 34.5 Å². The maximum Gasteiger partial charge on any atom is 0.377 e. The number of aliphatic carboxylic acids is 3. The van der Waals surface area contributed by atoms with E-state index in [0.717, 1.165) is 16.0 Å². The monoisotopic (exact) mass is 577 g/mol. The summed E-state index contributed by atoms with van der Waals surface area (Å²) < 4.78 is 15.9. The minimum atomic E-state index is -3.06. The van der Waals surface area contributed by atoms with Gasteiger partial charge >= 0.3 is 23.7 Å². The molecule has 3 atom stereocenters. The lowest BCUT2D eigenvalue weighted by Gasteiger charge is -2.35. The standard InChI is InChI=1S/C31H31NO10/c1-20(32(18-27(33)34)28(35)26-19-40-31(42-26,29(36)37)30(38)39)25(17-12-21-8-4-2-5-9-21)22-13-15-24(16-14-22)41-23-10-6-3-7-11-23/h2-11,13-16,20,25-26H,12,17-19H2,1H3,(H,33,34)(H,36,37)(H,38,39)/t20-,25+,26+/m1/s1. The van der Waals surface area contributed by atoms with Crippen LogP contribution in [0.2, 0.25) is 0 Å². The van der Waals surface area contributed by atoms with Gasteiger partial charge in [-0.15, -0.1) is 0 Å². The van der Waals surface area contributed by atoms with Crippen molar-refractivity contribution in [3.8, 4) is 11.5 Å². The van der Waals surface area contributed by atoms with Crippen molar-refractivity contribution in [3.63, 3.8) is 0 Å². The first-order chi connectivity index (χ1) is 20.1. The Bertz CT molecular complexity index is 1380. The Morgan fingerprint density at radius 1 is 0.881 bits per heavy atom. The number of para-hydroxylation sites is 1. The number of benzene rings is 3. The number of aryl methyl sites for hydroxylation is 1. The van der Waals surface area contributed by atoms with Crippen LogP contribution in [-0.2, 0) is 35.1 Å². The summed E-state index contributed by atoms with van der Waals surface area (Å²) in [6.45, 7) is 0.312. The van der Waals surface area contributed by atoms with Gasteiger partial charge in [0.1, 0.15) is 18.0 Å². The average molecular weight is 578 g/mol. The quantitative estimate of drug-likeness (QED) is 0.255. The number of carbonyl (C=O) groups excluding carboxylic acids is 1. The van der Waals surface area contributed by atoms with E-state index in [-0.39, 0.29) is 5.92 Å². The normalized spacial score (nSPS) is 17.1. The van der Waals surface area contributed by atoms with E-state index in [2.05, 4.69) is 0 Å². The molecule has 0 radical (unpaired) electrons. The van der Waals surface area contributed by atoms with Gasteiger partial charge in [-0.1, -0.05) is 60.7 Å². The van der Waals surface area contributed by atoms with Crippen molar-refractivity contribution in [2.24, 2.45) is 0 Å². The Morgan fingerprint density at radius 3 is 2.00 bits per heavy atom. The molecule has 4 rings (SSSR count). The molecule has 11 heteroatoms. The molecule has 1 amide bonds. The molecular weight excluding hydrogens is 546 g/mol. The highest BCUT2D eigenvalue weighted by Gasteiger charge is 2.58. The van der Waals surface area contributed by atoms with Gasteiger partial charge in [0.05, 0.1) is 6.61 Å². The molecule has 3 aromatic rings. The molecule has 0 saturated carbocycles. The number of carbonyl (C=O) groups is 4. The van der Waals surface area contributed by atoms with Crippen LogP contribution in [0.3, 0.4) is 0 Å². The number of ether oxygens (including phenoxy) is 3. The van der Waals surface area contributed by atoms with Crippen molar-refractivity contribution in [2.75, 3.05) is 13.2 Å². The molecule has 11 nitrogen and oxygen atoms in total. The minimum Gasteiger partial charge on any atom is -0.480 e. The van der Waals surface area contributed by atoms with Crippen LogP contribution < -0.4 is 4.74 Å². The molecule has 3 aromatic carbocycles. The molecule has 220 valence electrons. The van der Waals surface area contributed by atoms with E-state index in [4.69, 9.17) is 14.2 Å². The first-order valence-corrected chi connectivity index (χ1v) is 13.3. The molecule has 0 spiro atoms. The second-order valence-corrected chi connectivity index (χ2v) is 9.86. The van der Waals surface area contributed by atoms with Crippen LogP contribution in [0.15, 0.2) is 84.9 Å². The van der Waals surface area contributed by atoms with E-state index in [1.807, 2.05) is 72.8 Å². The Hall–Kier alpha value is -4.74. The summed E-state index contributed by atoms with van der Waals surface area (Å²) in [6, 6.07) is 25.5. The lowest BCUT2D eigenvalue weighted by molar-refractivity contribution is -0.218. The molecule has 42 heavy (non-hydrogen) atoms. The fraction of sp³-hybridized carbons (Fsp3) is 0.290. The molecule has 1 heterocycles. The van der Waals surface area contributed by atoms with Gasteiger partial charge in [0.15, 0.2) is 6.10 Å². The van der Waals surface area contributed by atoms with Crippen LogP contribution >= 0.6 is 0 Å². The van der Waals surface area contributed by atoms with Crippen LogP contribution in [-0.4, -0.2) is 75.1 Å². The lowest BCUT2D eigenvalue weighted by Crippen LogP contribution is -2.52. The fourth-order valence-electron chi connectivity index (χ4n) is 4.93. The predicted molar refractivity (Wildman–Crippen MR) is 148 cm³/mol. The Kier molecular flexibility index (Phi) is 9.56. The van der Waals surface area contributed by atoms with Gasteiger partial charge in [-0.25, -0.2) is 9.59 Å². The average Bonchev–Trinajstić information content (AvgIpc) is 3.45. The Balaban J connectivity index is 1.61. The van der Waals surface area contributed by atoms with Crippen molar-refractivity contribution in [2.45, 2.75) is 43.6 Å². The summed E-state index contributed by atoms with van der Waals surface area (Å²) in [5, 5.41) is 28.5. The number of carboxylic acid groups (broad SMARTS) is 3. The molecule has 1 fully saturated rings. The highest BCUT2D eigenvalue weighted by Crippen LogP contribution is 2.33. The zero-order valence-electron chi connectivity index (χ0n) is 22.8. The van der Waals surface area contributed by atoms with Crippen LogP contribution in [0.4, 0.5) is 0 Å². The first kappa shape index (κ1) is 30.2. The second-order valence-electron chi connectivity index (χ2n) is 9.86. The first-order valence-electron chi connectivity index (χ1n) is 13.3. The molecule has 0 unspecified atom stereocenters. The smallest absolute Gasteiger partial charge is 0.377 e. The number of carboxylic acids is 3. The van der Waals surface area contributed by atoms with Gasteiger partial charge in [0.2, 0.25) is 0 Å². The summed E-state index contributed by atoms with van der Waals surface area (Å²) in [4.78, 5) is 49.7. The third-order valence-corrected chi connectivity index (χ3v) is 7.12. The minimum absolute atomic E-state index is 0.370. The van der Waals surface area contributed by atoms with Gasteiger partial charge in [0, 0.05) is 12.0 Å². The van der Waals surface area contributed by atoms with Crippen molar-refractivity contribution in [3.05, 3.63) is 96.1 Å². The van der Waals surface area contributed by atoms with E-state index >= 15 is 0 Å². The summed E-state index contributed by atoms with van der Waals surface area (Å²) in [5.41, 5.74) is 1.87. The van der Waals surface area contributed by atoms with Gasteiger partial charge in [-0.05, 0) is 55.2 Å². The Morgan fingerprint density at radius 2 is 1.45 bits per heavy atom. The lowest BCUT2D eigenvalue weighted by atomic mass is 9.85. The van der Waals surface area contributed by atoms with E-state index < -0.39 is 54.9 Å². The summed E-state index contributed by atoms with van der Waals surface area (Å²) in [7, 11) is 0. The zero-order chi connectivity index (χ0) is 30.3. The van der Waals surface area contributed by atoms with E-state index in [1.165, 1.54) is 0 Å². The summed E-state index contributed by atoms with van der Waals surface area (Å²) in [5.74, 6) is -8.22. The van der Waals surface area contributed by atoms with Crippen molar-refractivity contribution in [1.82, 2.24) is 4.90 Å². The van der Waals surface area contributed by atoms with E-state index in [1.54, 1.807) is 19.1 Å². The molecule has 1 aliphatic heterocycles. The number of nitrogens with zero attached hydrogens (tertiary/aromatic N) is 1.